The Bertz CT molecular complexity index is 780. The van der Waals surface area contributed by atoms with E-state index in [4.69, 9.17) is 0 Å². The number of hydrogen-bond donors (Lipinski definition) is 2. The van der Waals surface area contributed by atoms with Crippen LogP contribution in [0.2, 0.25) is 0 Å². The second kappa shape index (κ2) is 6.97. The summed E-state index contributed by atoms with van der Waals surface area (Å²) in [6.45, 7) is 1.96. The van der Waals surface area contributed by atoms with Crippen molar-refractivity contribution in [2.24, 2.45) is 11.8 Å². The summed E-state index contributed by atoms with van der Waals surface area (Å²) in [4.78, 5) is 28.2. The molecule has 1 aromatic heterocycles. The van der Waals surface area contributed by atoms with E-state index in [1.807, 2.05) is 48.7 Å². The Morgan fingerprint density at radius 1 is 1.17 bits per heavy atom. The van der Waals surface area contributed by atoms with Gasteiger partial charge in [0.1, 0.15) is 0 Å². The first-order chi connectivity index (χ1) is 11.5. The second-order valence-electron chi connectivity index (χ2n) is 5.81. The minimum Gasteiger partial charge on any atom is -0.481 e. The molecule has 1 amide bonds. The standard InChI is InChI=1S/C18H18N2O3S/c1-11-19-16(10-24-11)12-6-8-13(9-7-12)20-17(21)14-4-2-3-5-15(14)18(22)23/h2-3,6-10,14-15H,4-5H2,1H3,(H,20,21)(H,22,23)/t14-,15+/m1/s1. The maximum absolute atomic E-state index is 12.4. The van der Waals surface area contributed by atoms with Gasteiger partial charge in [-0.1, -0.05) is 24.3 Å². The highest BCUT2D eigenvalue weighted by molar-refractivity contribution is 7.09. The van der Waals surface area contributed by atoms with E-state index < -0.39 is 17.8 Å². The average molecular weight is 342 g/mol. The molecule has 1 aromatic carbocycles. The summed E-state index contributed by atoms with van der Waals surface area (Å²) in [5, 5.41) is 15.1. The minimum atomic E-state index is -0.922. The highest BCUT2D eigenvalue weighted by Gasteiger charge is 2.33. The molecule has 5 nitrogen and oxygen atoms in total. The van der Waals surface area contributed by atoms with Crippen LogP contribution in [-0.4, -0.2) is 22.0 Å². The molecule has 3 rings (SSSR count). The molecule has 1 aliphatic rings. The van der Waals surface area contributed by atoms with Gasteiger partial charge in [-0.2, -0.15) is 0 Å². The highest BCUT2D eigenvalue weighted by Crippen LogP contribution is 2.28. The van der Waals surface area contributed by atoms with Crippen molar-refractivity contribution in [2.75, 3.05) is 5.32 Å². The van der Waals surface area contributed by atoms with Crippen molar-refractivity contribution in [1.82, 2.24) is 4.98 Å². The van der Waals surface area contributed by atoms with Crippen molar-refractivity contribution in [1.29, 1.82) is 0 Å². The molecule has 2 aromatic rings. The van der Waals surface area contributed by atoms with Crippen molar-refractivity contribution in [3.63, 3.8) is 0 Å². The lowest BCUT2D eigenvalue weighted by molar-refractivity contribution is -0.146. The number of rotatable bonds is 4. The average Bonchev–Trinajstić information content (AvgIpc) is 3.02. The fourth-order valence-electron chi connectivity index (χ4n) is 2.83. The van der Waals surface area contributed by atoms with Gasteiger partial charge in [-0.05, 0) is 31.9 Å². The number of carboxylic acids is 1. The number of anilines is 1. The molecule has 124 valence electrons. The zero-order chi connectivity index (χ0) is 17.1. The Hall–Kier alpha value is -2.47. The number of aliphatic carboxylic acids is 1. The Balaban J connectivity index is 1.70. The van der Waals surface area contributed by atoms with E-state index >= 15 is 0 Å². The van der Waals surface area contributed by atoms with Gasteiger partial charge in [0.25, 0.3) is 0 Å². The summed E-state index contributed by atoms with van der Waals surface area (Å²) >= 11 is 1.59. The van der Waals surface area contributed by atoms with Crippen LogP contribution in [0.15, 0.2) is 41.8 Å². The smallest absolute Gasteiger partial charge is 0.307 e. The number of nitrogens with zero attached hydrogens (tertiary/aromatic N) is 1. The number of carboxylic acid groups (broad SMARTS) is 1. The normalized spacial score (nSPS) is 19.9. The molecule has 0 saturated heterocycles. The lowest BCUT2D eigenvalue weighted by atomic mass is 9.82. The van der Waals surface area contributed by atoms with Gasteiger partial charge in [-0.25, -0.2) is 4.98 Å². The lowest BCUT2D eigenvalue weighted by Gasteiger charge is -2.24. The molecule has 1 aliphatic carbocycles. The van der Waals surface area contributed by atoms with E-state index in [2.05, 4.69) is 10.3 Å². The van der Waals surface area contributed by atoms with Crippen LogP contribution in [0.1, 0.15) is 17.8 Å². The van der Waals surface area contributed by atoms with Crippen LogP contribution < -0.4 is 5.32 Å². The van der Waals surface area contributed by atoms with Gasteiger partial charge in [0, 0.05) is 16.6 Å². The Kier molecular flexibility index (Phi) is 4.76. The van der Waals surface area contributed by atoms with Crippen molar-refractivity contribution in [3.8, 4) is 11.3 Å². The maximum atomic E-state index is 12.4. The molecule has 0 bridgehead atoms. The third kappa shape index (κ3) is 3.54. The van der Waals surface area contributed by atoms with E-state index in [9.17, 15) is 14.7 Å². The predicted molar refractivity (Wildman–Crippen MR) is 93.9 cm³/mol. The molecule has 0 unspecified atom stereocenters. The fraction of sp³-hybridized carbons (Fsp3) is 0.278. The number of aryl methyl sites for hydroxylation is 1. The highest BCUT2D eigenvalue weighted by atomic mass is 32.1. The number of carbonyl (C=O) groups excluding carboxylic acids is 1. The van der Waals surface area contributed by atoms with E-state index in [-0.39, 0.29) is 5.91 Å². The van der Waals surface area contributed by atoms with Crippen LogP contribution in [0.3, 0.4) is 0 Å². The molecular weight excluding hydrogens is 324 g/mol. The summed E-state index contributed by atoms with van der Waals surface area (Å²) in [7, 11) is 0. The Morgan fingerprint density at radius 2 is 1.83 bits per heavy atom. The fourth-order valence-corrected chi connectivity index (χ4v) is 3.45. The van der Waals surface area contributed by atoms with E-state index in [0.29, 0.717) is 18.5 Å². The number of nitrogens with one attached hydrogen (secondary N) is 1. The molecule has 0 aliphatic heterocycles. The van der Waals surface area contributed by atoms with Crippen LogP contribution in [0.25, 0.3) is 11.3 Å². The topological polar surface area (TPSA) is 79.3 Å². The van der Waals surface area contributed by atoms with Crippen molar-refractivity contribution in [2.45, 2.75) is 19.8 Å². The molecule has 24 heavy (non-hydrogen) atoms. The molecule has 0 spiro atoms. The quantitative estimate of drug-likeness (QED) is 0.830. The van der Waals surface area contributed by atoms with Crippen LogP contribution in [0.5, 0.6) is 0 Å². The van der Waals surface area contributed by atoms with Gasteiger partial charge in [0.05, 0.1) is 22.5 Å². The van der Waals surface area contributed by atoms with Crippen LogP contribution in [0.4, 0.5) is 5.69 Å². The molecule has 2 N–H and O–H groups in total. The number of hydrogen-bond acceptors (Lipinski definition) is 4. The first-order valence-corrected chi connectivity index (χ1v) is 8.64. The van der Waals surface area contributed by atoms with Gasteiger partial charge in [0.15, 0.2) is 0 Å². The third-order valence-corrected chi connectivity index (χ3v) is 4.93. The van der Waals surface area contributed by atoms with E-state index in [0.717, 1.165) is 16.3 Å². The molecule has 0 fully saturated rings. The van der Waals surface area contributed by atoms with Gasteiger partial charge in [-0.15, -0.1) is 11.3 Å². The minimum absolute atomic E-state index is 0.246. The van der Waals surface area contributed by atoms with E-state index in [1.54, 1.807) is 11.3 Å². The van der Waals surface area contributed by atoms with E-state index in [1.165, 1.54) is 0 Å². The third-order valence-electron chi connectivity index (χ3n) is 4.15. The molecule has 0 radical (unpaired) electrons. The van der Waals surface area contributed by atoms with Gasteiger partial charge >= 0.3 is 5.97 Å². The first-order valence-electron chi connectivity index (χ1n) is 7.76. The van der Waals surface area contributed by atoms with Gasteiger partial charge < -0.3 is 10.4 Å². The van der Waals surface area contributed by atoms with Crippen molar-refractivity contribution < 1.29 is 14.7 Å². The summed E-state index contributed by atoms with van der Waals surface area (Å²) < 4.78 is 0. The first kappa shape index (κ1) is 16.4. The number of aromatic nitrogens is 1. The van der Waals surface area contributed by atoms with Gasteiger partial charge in [0.2, 0.25) is 5.91 Å². The Morgan fingerprint density at radius 3 is 2.42 bits per heavy atom. The lowest BCUT2D eigenvalue weighted by Crippen LogP contribution is -2.34. The molecule has 1 heterocycles. The zero-order valence-electron chi connectivity index (χ0n) is 13.2. The summed E-state index contributed by atoms with van der Waals surface area (Å²) in [5.74, 6) is -2.36. The molecular formula is C18H18N2O3S. The zero-order valence-corrected chi connectivity index (χ0v) is 14.0. The SMILES string of the molecule is Cc1nc(-c2ccc(NC(=O)[C@@H]3CC=CC[C@@H]3C(=O)O)cc2)cs1. The second-order valence-corrected chi connectivity index (χ2v) is 6.87. The number of allylic oxidation sites excluding steroid dienone is 2. The molecule has 2 atom stereocenters. The number of amides is 1. The van der Waals surface area contributed by atoms with Crippen molar-refractivity contribution in [3.05, 3.63) is 46.8 Å². The molecule has 0 saturated carbocycles. The van der Waals surface area contributed by atoms with Crippen LogP contribution in [-0.2, 0) is 9.59 Å². The number of carbonyl (C=O) groups is 2. The molecule has 6 heteroatoms. The summed E-state index contributed by atoms with van der Waals surface area (Å²) in [6, 6.07) is 7.44. The summed E-state index contributed by atoms with van der Waals surface area (Å²) in [5.41, 5.74) is 2.56. The largest absolute Gasteiger partial charge is 0.481 e. The van der Waals surface area contributed by atoms with Gasteiger partial charge in [-0.3, -0.25) is 9.59 Å². The monoisotopic (exact) mass is 342 g/mol. The van der Waals surface area contributed by atoms with Crippen molar-refractivity contribution >= 4 is 28.9 Å². The van der Waals surface area contributed by atoms with Crippen LogP contribution >= 0.6 is 11.3 Å². The summed E-state index contributed by atoms with van der Waals surface area (Å²) in [6.07, 6.45) is 4.55. The Labute approximate surface area is 144 Å². The number of thiazole rings is 1. The number of benzene rings is 1. The van der Waals surface area contributed by atoms with Crippen LogP contribution in [0, 0.1) is 18.8 Å². The predicted octanol–water partition coefficient (Wildman–Crippen LogP) is 3.72. The maximum Gasteiger partial charge on any atom is 0.307 e.